The number of pyridine rings is 1. The lowest BCUT2D eigenvalue weighted by Gasteiger charge is -2.30. The molecule has 27 heavy (non-hydrogen) atoms. The molecule has 0 saturated heterocycles. The summed E-state index contributed by atoms with van der Waals surface area (Å²) in [6.45, 7) is 6.48. The van der Waals surface area contributed by atoms with Gasteiger partial charge >= 0.3 is 0 Å². The number of rotatable bonds is 6. The third kappa shape index (κ3) is 4.69. The predicted octanol–water partition coefficient (Wildman–Crippen LogP) is 3.79. The van der Waals surface area contributed by atoms with Crippen LogP contribution in [-0.4, -0.2) is 29.1 Å². The lowest BCUT2D eigenvalue weighted by molar-refractivity contribution is -0.122. The summed E-state index contributed by atoms with van der Waals surface area (Å²) in [6, 6.07) is 11.9. The number of aryl methyl sites for hydroxylation is 2. The van der Waals surface area contributed by atoms with E-state index in [0.717, 1.165) is 27.5 Å². The summed E-state index contributed by atoms with van der Waals surface area (Å²) in [5, 5.41) is 3.94. The van der Waals surface area contributed by atoms with Crippen molar-refractivity contribution in [3.05, 3.63) is 53.2 Å². The Kier molecular flexibility index (Phi) is 6.16. The number of hydrogen-bond donors (Lipinski definition) is 1. The van der Waals surface area contributed by atoms with Crippen molar-refractivity contribution in [1.82, 2.24) is 10.3 Å². The molecule has 6 heteroatoms. The molecular formula is C21H25N3O2S. The minimum atomic E-state index is -0.0261. The van der Waals surface area contributed by atoms with Crippen LogP contribution < -0.4 is 10.2 Å². The Hall–Kier alpha value is -2.34. The van der Waals surface area contributed by atoms with Crippen LogP contribution >= 0.6 is 11.8 Å². The van der Waals surface area contributed by atoms with Gasteiger partial charge in [0.15, 0.2) is 0 Å². The average Bonchev–Trinajstić information content (AvgIpc) is 2.64. The van der Waals surface area contributed by atoms with Crippen LogP contribution in [0.5, 0.6) is 0 Å². The number of aromatic nitrogens is 1. The zero-order valence-electron chi connectivity index (χ0n) is 16.0. The van der Waals surface area contributed by atoms with E-state index in [0.29, 0.717) is 25.1 Å². The van der Waals surface area contributed by atoms with E-state index < -0.39 is 0 Å². The number of nitrogens with one attached hydrogen (secondary N) is 1. The van der Waals surface area contributed by atoms with Gasteiger partial charge < -0.3 is 10.2 Å². The lowest BCUT2D eigenvalue weighted by Crippen LogP contribution is -2.37. The van der Waals surface area contributed by atoms with E-state index in [2.05, 4.69) is 10.3 Å². The molecule has 1 aliphatic heterocycles. The molecule has 2 aromatic rings. The second-order valence-corrected chi connectivity index (χ2v) is 7.84. The Bertz CT molecular complexity index is 839. The van der Waals surface area contributed by atoms with Gasteiger partial charge in [-0.05, 0) is 44.4 Å². The van der Waals surface area contributed by atoms with E-state index >= 15 is 0 Å². The number of nitrogens with zero attached hydrogens (tertiary/aromatic N) is 2. The molecule has 1 N–H and O–H groups in total. The highest BCUT2D eigenvalue weighted by Crippen LogP contribution is 2.36. The smallest absolute Gasteiger partial charge is 0.237 e. The summed E-state index contributed by atoms with van der Waals surface area (Å²) in [4.78, 5) is 31.0. The van der Waals surface area contributed by atoms with Gasteiger partial charge in [-0.3, -0.25) is 9.59 Å². The zero-order chi connectivity index (χ0) is 19.4. The molecular weight excluding hydrogens is 358 g/mol. The maximum Gasteiger partial charge on any atom is 0.237 e. The van der Waals surface area contributed by atoms with E-state index in [9.17, 15) is 9.59 Å². The van der Waals surface area contributed by atoms with Crippen molar-refractivity contribution in [2.75, 3.05) is 17.2 Å². The maximum absolute atomic E-state index is 12.4. The monoisotopic (exact) mass is 383 g/mol. The molecule has 1 aromatic carbocycles. The predicted molar refractivity (Wildman–Crippen MR) is 109 cm³/mol. The SMILES string of the molecule is Cc1cc(C)c2c(n1)SCC(=O)N2CCCC(=O)N[C@H](C)c1ccccc1. The van der Waals surface area contributed by atoms with Crippen LogP contribution in [0.15, 0.2) is 41.4 Å². The van der Waals surface area contributed by atoms with Crippen molar-refractivity contribution in [2.24, 2.45) is 0 Å². The van der Waals surface area contributed by atoms with Gasteiger partial charge in [-0.15, -0.1) is 0 Å². The molecule has 0 bridgehead atoms. The zero-order valence-corrected chi connectivity index (χ0v) is 16.8. The number of benzene rings is 1. The Balaban J connectivity index is 1.58. The third-order valence-electron chi connectivity index (χ3n) is 4.65. The van der Waals surface area contributed by atoms with Crippen molar-refractivity contribution in [3.8, 4) is 0 Å². The van der Waals surface area contributed by atoms with E-state index in [1.807, 2.05) is 57.2 Å². The van der Waals surface area contributed by atoms with Crippen LogP contribution in [0.3, 0.4) is 0 Å². The van der Waals surface area contributed by atoms with Gasteiger partial charge in [-0.25, -0.2) is 4.98 Å². The van der Waals surface area contributed by atoms with Gasteiger partial charge in [0.1, 0.15) is 5.03 Å². The van der Waals surface area contributed by atoms with Crippen LogP contribution in [0.1, 0.15) is 42.6 Å². The van der Waals surface area contributed by atoms with Crippen molar-refractivity contribution < 1.29 is 9.59 Å². The highest BCUT2D eigenvalue weighted by molar-refractivity contribution is 8.00. The van der Waals surface area contributed by atoms with Gasteiger partial charge in [0.05, 0.1) is 17.5 Å². The molecule has 0 unspecified atom stereocenters. The van der Waals surface area contributed by atoms with Gasteiger partial charge in [0.25, 0.3) is 0 Å². The second kappa shape index (κ2) is 8.57. The number of fused-ring (bicyclic) bond motifs is 1. The average molecular weight is 384 g/mol. The fourth-order valence-electron chi connectivity index (χ4n) is 3.33. The fraction of sp³-hybridized carbons (Fsp3) is 0.381. The van der Waals surface area contributed by atoms with Crippen LogP contribution in [0.25, 0.3) is 0 Å². The number of carbonyl (C=O) groups excluding carboxylic acids is 2. The number of anilines is 1. The largest absolute Gasteiger partial charge is 0.350 e. The first-order chi connectivity index (χ1) is 13.0. The Labute approximate surface area is 164 Å². The third-order valence-corrected chi connectivity index (χ3v) is 5.59. The topological polar surface area (TPSA) is 62.3 Å². The first-order valence-corrected chi connectivity index (χ1v) is 10.2. The molecule has 1 atom stereocenters. The molecule has 0 spiro atoms. The van der Waals surface area contributed by atoms with Crippen LogP contribution in [-0.2, 0) is 9.59 Å². The molecule has 0 fully saturated rings. The summed E-state index contributed by atoms with van der Waals surface area (Å²) in [6.07, 6.45) is 1.01. The van der Waals surface area contributed by atoms with Crippen molar-refractivity contribution >= 4 is 29.3 Å². The normalized spacial score (nSPS) is 14.6. The molecule has 142 valence electrons. The Morgan fingerprint density at radius 1 is 1.30 bits per heavy atom. The highest BCUT2D eigenvalue weighted by Gasteiger charge is 2.27. The molecule has 5 nitrogen and oxygen atoms in total. The van der Waals surface area contributed by atoms with Crippen LogP contribution in [0, 0.1) is 13.8 Å². The quantitative estimate of drug-likeness (QED) is 0.824. The van der Waals surface area contributed by atoms with E-state index in [1.54, 1.807) is 4.90 Å². The summed E-state index contributed by atoms with van der Waals surface area (Å²) >= 11 is 1.49. The van der Waals surface area contributed by atoms with Crippen molar-refractivity contribution in [3.63, 3.8) is 0 Å². The number of carbonyl (C=O) groups is 2. The minimum Gasteiger partial charge on any atom is -0.350 e. The van der Waals surface area contributed by atoms with E-state index in [1.165, 1.54) is 11.8 Å². The first kappa shape index (κ1) is 19.4. The van der Waals surface area contributed by atoms with E-state index in [4.69, 9.17) is 0 Å². The fourth-order valence-corrected chi connectivity index (χ4v) is 4.36. The molecule has 0 radical (unpaired) electrons. The van der Waals surface area contributed by atoms with Gasteiger partial charge in [0, 0.05) is 18.7 Å². The molecule has 3 rings (SSSR count). The van der Waals surface area contributed by atoms with Gasteiger partial charge in [0.2, 0.25) is 11.8 Å². The second-order valence-electron chi connectivity index (χ2n) is 6.87. The molecule has 2 amide bonds. The summed E-state index contributed by atoms with van der Waals surface area (Å²) in [7, 11) is 0. The standard InChI is InChI=1S/C21H25N3O2S/c1-14-12-15(2)22-21-20(14)24(19(26)13-27-21)11-7-10-18(25)23-16(3)17-8-5-4-6-9-17/h4-6,8-9,12,16H,7,10-11,13H2,1-3H3,(H,23,25)/t16-/m1/s1. The number of hydrogen-bond acceptors (Lipinski definition) is 4. The molecule has 0 saturated carbocycles. The lowest BCUT2D eigenvalue weighted by atomic mass is 10.1. The molecule has 0 aliphatic carbocycles. The van der Waals surface area contributed by atoms with Gasteiger partial charge in [-0.1, -0.05) is 42.1 Å². The van der Waals surface area contributed by atoms with Crippen LogP contribution in [0.2, 0.25) is 0 Å². The Morgan fingerprint density at radius 2 is 2.04 bits per heavy atom. The summed E-state index contributed by atoms with van der Waals surface area (Å²) in [5.74, 6) is 0.489. The molecule has 1 aliphatic rings. The summed E-state index contributed by atoms with van der Waals surface area (Å²) < 4.78 is 0. The number of thioether (sulfide) groups is 1. The van der Waals surface area contributed by atoms with Crippen LogP contribution in [0.4, 0.5) is 5.69 Å². The minimum absolute atomic E-state index is 0.00385. The molecule has 1 aromatic heterocycles. The van der Waals surface area contributed by atoms with Crippen molar-refractivity contribution in [1.29, 1.82) is 0 Å². The summed E-state index contributed by atoms with van der Waals surface area (Å²) in [5.41, 5.74) is 4.00. The molecule has 2 heterocycles. The highest BCUT2D eigenvalue weighted by atomic mass is 32.2. The maximum atomic E-state index is 12.4. The number of amides is 2. The first-order valence-electron chi connectivity index (χ1n) is 9.21. The van der Waals surface area contributed by atoms with Crippen molar-refractivity contribution in [2.45, 2.75) is 44.7 Å². The van der Waals surface area contributed by atoms with E-state index in [-0.39, 0.29) is 17.9 Å². The Morgan fingerprint density at radius 3 is 2.78 bits per heavy atom. The van der Waals surface area contributed by atoms with Gasteiger partial charge in [-0.2, -0.15) is 0 Å².